The first-order valence-electron chi connectivity index (χ1n) is 20.7. The first-order valence-corrected chi connectivity index (χ1v) is 22.3. The number of benzene rings is 4. The van der Waals surface area contributed by atoms with Crippen LogP contribution in [0.15, 0.2) is 97.1 Å². The summed E-state index contributed by atoms with van der Waals surface area (Å²) in [6, 6.07) is 20.3. The van der Waals surface area contributed by atoms with Gasteiger partial charge in [0, 0.05) is 30.5 Å². The molecule has 4 amide bonds. The highest BCUT2D eigenvalue weighted by Crippen LogP contribution is 2.67. The summed E-state index contributed by atoms with van der Waals surface area (Å²) in [7, 11) is -5.65. The molecule has 15 nitrogen and oxygen atoms in total. The molecule has 6 rings (SSSR count). The minimum atomic E-state index is -5.65. The van der Waals surface area contributed by atoms with Crippen molar-refractivity contribution in [3.63, 3.8) is 0 Å². The number of aryl methyl sites for hydroxylation is 3. The van der Waals surface area contributed by atoms with Gasteiger partial charge in [-0.05, 0) is 92.5 Å². The molecule has 3 atom stereocenters. The van der Waals surface area contributed by atoms with Crippen LogP contribution >= 0.6 is 7.60 Å². The second-order valence-electron chi connectivity index (χ2n) is 15.8. The normalized spacial score (nSPS) is 16.5. The lowest BCUT2D eigenvalue weighted by Crippen LogP contribution is -2.55. The number of nitrogens with one attached hydrogen (secondary N) is 2. The summed E-state index contributed by atoms with van der Waals surface area (Å²) in [6.07, 6.45) is 2.52. The molecule has 65 heavy (non-hydrogen) atoms. The van der Waals surface area contributed by atoms with Crippen LogP contribution in [0.25, 0.3) is 5.57 Å². The number of carbonyl (C=O) groups is 6. The number of rotatable bonds is 18. The number of ether oxygens (including phenoxy) is 2. The van der Waals surface area contributed by atoms with Crippen molar-refractivity contribution >= 4 is 54.4 Å². The number of halogens is 2. The van der Waals surface area contributed by atoms with Crippen LogP contribution in [0.2, 0.25) is 0 Å². The average molecular weight is 915 g/mol. The molecular formula is C47H49F2N4O11P. The molecule has 3 unspecified atom stereocenters. The SMILES string of the molecule is CC(=CC(=O)NC1CCc2cccc3c2N(C1=O)C(C(=O)NC(C)CCC(N)=O)C3)c1ccc(C(F)(F)P(=O)(OCOC(=O)c2ccccc2C)OCOC(=O)c2ccccc2C)cc1. The van der Waals surface area contributed by atoms with Gasteiger partial charge in [0.25, 0.3) is 0 Å². The van der Waals surface area contributed by atoms with Gasteiger partial charge in [0.05, 0.1) is 16.8 Å². The monoisotopic (exact) mass is 914 g/mol. The Kier molecular flexibility index (Phi) is 15.1. The Hall–Kier alpha value is -6.55. The summed E-state index contributed by atoms with van der Waals surface area (Å²) in [6.45, 7) is 4.14. The fraction of sp³-hybridized carbons (Fsp3) is 0.319. The zero-order valence-corrected chi connectivity index (χ0v) is 37.0. The number of amides is 4. The van der Waals surface area contributed by atoms with Gasteiger partial charge < -0.3 is 25.8 Å². The van der Waals surface area contributed by atoms with Crippen molar-refractivity contribution in [3.05, 3.63) is 142 Å². The number of esters is 2. The van der Waals surface area contributed by atoms with Gasteiger partial charge in [-0.2, -0.15) is 8.78 Å². The number of para-hydroxylation sites is 1. The fourth-order valence-electron chi connectivity index (χ4n) is 7.59. The van der Waals surface area contributed by atoms with Gasteiger partial charge in [-0.1, -0.05) is 78.9 Å². The maximum absolute atomic E-state index is 16.3. The minimum absolute atomic E-state index is 0.0774. The number of alkyl halides is 2. The van der Waals surface area contributed by atoms with Crippen LogP contribution in [-0.4, -0.2) is 67.3 Å². The van der Waals surface area contributed by atoms with Crippen LogP contribution in [-0.2, 0) is 60.8 Å². The highest BCUT2D eigenvalue weighted by Gasteiger charge is 2.56. The highest BCUT2D eigenvalue weighted by molar-refractivity contribution is 7.54. The molecule has 0 bridgehead atoms. The molecule has 18 heteroatoms. The third kappa shape index (κ3) is 11.0. The lowest BCUT2D eigenvalue weighted by atomic mass is 10.0. The van der Waals surface area contributed by atoms with Crippen molar-refractivity contribution in [1.82, 2.24) is 10.6 Å². The van der Waals surface area contributed by atoms with Gasteiger partial charge in [0.1, 0.15) is 12.1 Å². The molecular weight excluding hydrogens is 866 g/mol. The Morgan fingerprint density at radius 1 is 0.862 bits per heavy atom. The third-order valence-corrected chi connectivity index (χ3v) is 13.0. The number of hydrogen-bond acceptors (Lipinski definition) is 11. The Morgan fingerprint density at radius 2 is 1.43 bits per heavy atom. The first-order chi connectivity index (χ1) is 30.9. The molecule has 342 valence electrons. The van der Waals surface area contributed by atoms with E-state index >= 15 is 8.78 Å². The molecule has 0 aromatic heterocycles. The zero-order valence-electron chi connectivity index (χ0n) is 36.1. The average Bonchev–Trinajstić information content (AvgIpc) is 3.61. The predicted octanol–water partition coefficient (Wildman–Crippen LogP) is 6.77. The topological polar surface area (TPSA) is 210 Å². The van der Waals surface area contributed by atoms with Gasteiger partial charge in [-0.25, -0.2) is 9.59 Å². The fourth-order valence-corrected chi connectivity index (χ4v) is 8.83. The molecule has 0 radical (unpaired) electrons. The molecule has 0 spiro atoms. The summed E-state index contributed by atoms with van der Waals surface area (Å²) < 4.78 is 66.7. The number of nitrogens with zero attached hydrogens (tertiary/aromatic N) is 1. The van der Waals surface area contributed by atoms with Gasteiger partial charge in [-0.3, -0.25) is 37.7 Å². The number of carbonyl (C=O) groups excluding carboxylic acids is 6. The molecule has 2 heterocycles. The van der Waals surface area contributed by atoms with Crippen molar-refractivity contribution in [3.8, 4) is 0 Å². The van der Waals surface area contributed by atoms with Gasteiger partial charge in [0.15, 0.2) is 0 Å². The van der Waals surface area contributed by atoms with Gasteiger partial charge >= 0.3 is 25.2 Å². The van der Waals surface area contributed by atoms with E-state index in [1.165, 1.54) is 35.2 Å². The van der Waals surface area contributed by atoms with E-state index in [0.29, 0.717) is 40.8 Å². The largest absolute Gasteiger partial charge is 0.434 e. The number of allylic oxidation sites excluding steroid dienone is 1. The highest BCUT2D eigenvalue weighted by atomic mass is 31.2. The Bertz CT molecular complexity index is 2500. The van der Waals surface area contributed by atoms with E-state index in [0.717, 1.165) is 23.3 Å². The van der Waals surface area contributed by atoms with Crippen molar-refractivity contribution < 1.29 is 60.6 Å². The minimum Gasteiger partial charge on any atom is -0.434 e. The van der Waals surface area contributed by atoms with Crippen LogP contribution in [0.5, 0.6) is 0 Å². The van der Waals surface area contributed by atoms with Crippen LogP contribution in [0.1, 0.15) is 87.2 Å². The van der Waals surface area contributed by atoms with Crippen molar-refractivity contribution in [1.29, 1.82) is 0 Å². The molecule has 4 aromatic carbocycles. The van der Waals surface area contributed by atoms with Crippen molar-refractivity contribution in [2.75, 3.05) is 18.5 Å². The van der Waals surface area contributed by atoms with Crippen molar-refractivity contribution in [2.45, 2.75) is 83.6 Å². The second-order valence-corrected chi connectivity index (χ2v) is 17.9. The third-order valence-electron chi connectivity index (χ3n) is 11.2. The van der Waals surface area contributed by atoms with Gasteiger partial charge in [-0.15, -0.1) is 0 Å². The summed E-state index contributed by atoms with van der Waals surface area (Å²) >= 11 is 0. The lowest BCUT2D eigenvalue weighted by molar-refractivity contribution is -0.128. The molecule has 0 fully saturated rings. The van der Waals surface area contributed by atoms with Crippen LogP contribution in [0.3, 0.4) is 0 Å². The van der Waals surface area contributed by atoms with E-state index in [-0.39, 0.29) is 30.4 Å². The molecule has 0 saturated heterocycles. The quantitative estimate of drug-likeness (QED) is 0.0411. The number of nitrogens with two attached hydrogens (primary N) is 1. The van der Waals surface area contributed by atoms with Gasteiger partial charge in [0.2, 0.25) is 37.2 Å². The van der Waals surface area contributed by atoms with E-state index in [1.807, 2.05) is 18.2 Å². The smallest absolute Gasteiger partial charge is 0.410 e. The molecule has 4 N–H and O–H groups in total. The molecule has 2 aliphatic heterocycles. The summed E-state index contributed by atoms with van der Waals surface area (Å²) in [4.78, 5) is 79.2. The summed E-state index contributed by atoms with van der Waals surface area (Å²) in [5, 5.41) is 5.62. The Labute approximate surface area is 374 Å². The van der Waals surface area contributed by atoms with Crippen LogP contribution < -0.4 is 21.3 Å². The van der Waals surface area contributed by atoms with E-state index in [4.69, 9.17) is 24.3 Å². The number of hydrogen-bond donors (Lipinski definition) is 3. The number of primary amides is 1. The summed E-state index contributed by atoms with van der Waals surface area (Å²) in [5.74, 6) is -3.92. The van der Waals surface area contributed by atoms with Crippen molar-refractivity contribution in [2.24, 2.45) is 5.73 Å². The van der Waals surface area contributed by atoms with Crippen LogP contribution in [0.4, 0.5) is 14.5 Å². The predicted molar refractivity (Wildman–Crippen MR) is 234 cm³/mol. The Balaban J connectivity index is 1.15. The first kappa shape index (κ1) is 47.9. The number of anilines is 1. The van der Waals surface area contributed by atoms with Crippen LogP contribution in [0, 0.1) is 13.8 Å². The van der Waals surface area contributed by atoms with E-state index in [2.05, 4.69) is 10.6 Å². The standard InChI is InChI=1S/C47H49F2N4O11P/c1-28-10-5-7-14-36(28)45(58)61-26-63-65(60,64-27-62-46(59)37-15-8-6-11-29(37)2)47(48,49)35-20-17-32(18-21-35)30(3)24-41(55)52-38-22-19-33-12-9-13-34-25-39(53(42(33)34)44(38)57)43(56)51-31(4)16-23-40(50)54/h5-15,17-18,20-21,24,31,38-39H,16,19,22-23,25-27H2,1-4H3,(H2,50,54)(H,51,56)(H,52,55). The molecule has 0 aliphatic carbocycles. The van der Waals surface area contributed by atoms with E-state index in [9.17, 15) is 33.3 Å². The lowest BCUT2D eigenvalue weighted by Gasteiger charge is -2.28. The zero-order chi connectivity index (χ0) is 47.1. The maximum Gasteiger partial charge on any atom is 0.410 e. The second kappa shape index (κ2) is 20.5. The Morgan fingerprint density at radius 3 is 2.00 bits per heavy atom. The molecule has 4 aromatic rings. The molecule has 2 aliphatic rings. The van der Waals surface area contributed by atoms with E-state index < -0.39 is 86.1 Å². The summed E-state index contributed by atoms with van der Waals surface area (Å²) in [5.41, 5.74) is 4.25. The maximum atomic E-state index is 16.3. The van der Waals surface area contributed by atoms with E-state index in [1.54, 1.807) is 64.1 Å². The molecule has 0 saturated carbocycles.